The summed E-state index contributed by atoms with van der Waals surface area (Å²) in [6, 6.07) is 12.8. The van der Waals surface area contributed by atoms with Crippen LogP contribution in [-0.4, -0.2) is 91.1 Å². The van der Waals surface area contributed by atoms with Gasteiger partial charge in [-0.2, -0.15) is 0 Å². The minimum absolute atomic E-state index is 0.0529. The molecule has 14 heteroatoms. The smallest absolute Gasteiger partial charge is 0.408 e. The lowest BCUT2D eigenvalue weighted by Gasteiger charge is -2.31. The zero-order valence-electron chi connectivity index (χ0n) is 36.4. The van der Waals surface area contributed by atoms with Crippen molar-refractivity contribution >= 4 is 35.0 Å². The Morgan fingerprint density at radius 2 is 1.18 bits per heavy atom. The average molecular weight is 845 g/mol. The number of amides is 4. The molecule has 4 saturated carbocycles. The first-order valence-electron chi connectivity index (χ1n) is 23.1. The van der Waals surface area contributed by atoms with Gasteiger partial charge in [0, 0.05) is 13.1 Å². The molecule has 4 aromatic rings. The van der Waals surface area contributed by atoms with Crippen LogP contribution in [0.25, 0.3) is 33.4 Å². The summed E-state index contributed by atoms with van der Waals surface area (Å²) in [7, 11) is 0. The fourth-order valence-electron chi connectivity index (χ4n) is 9.99. The van der Waals surface area contributed by atoms with E-state index in [2.05, 4.69) is 57.0 Å². The highest BCUT2D eigenvalue weighted by molar-refractivity contribution is 5.88. The molecular weight excluding hydrogens is 785 g/mol. The zero-order chi connectivity index (χ0) is 42.9. The number of likely N-dealkylation sites (tertiary alicyclic amines) is 2. The zero-order valence-corrected chi connectivity index (χ0v) is 36.4. The molecule has 0 unspecified atom stereocenters. The molecule has 2 spiro atoms. The van der Waals surface area contributed by atoms with E-state index in [0.29, 0.717) is 13.1 Å². The number of alkyl carbamates (subject to hydrolysis) is 2. The summed E-state index contributed by atoms with van der Waals surface area (Å²) in [5.41, 5.74) is 5.93. The lowest BCUT2D eigenvalue weighted by Crippen LogP contribution is -2.52. The molecule has 2 aliphatic heterocycles. The number of fused-ring (bicyclic) bond motifs is 1. The van der Waals surface area contributed by atoms with Crippen molar-refractivity contribution in [2.75, 3.05) is 13.1 Å². The minimum Gasteiger partial charge on any atom is -0.446 e. The van der Waals surface area contributed by atoms with Crippen LogP contribution in [0.5, 0.6) is 0 Å². The number of aromatic nitrogens is 4. The summed E-state index contributed by atoms with van der Waals surface area (Å²) in [5, 5.41) is 5.80. The van der Waals surface area contributed by atoms with Crippen LogP contribution in [0.2, 0.25) is 0 Å². The summed E-state index contributed by atoms with van der Waals surface area (Å²) >= 11 is 0. The summed E-state index contributed by atoms with van der Waals surface area (Å²) in [6.07, 6.45) is 12.4. The largest absolute Gasteiger partial charge is 0.446 e. The lowest BCUT2D eigenvalue weighted by molar-refractivity contribution is -0.136. The van der Waals surface area contributed by atoms with Crippen LogP contribution in [0.1, 0.15) is 128 Å². The molecule has 0 bridgehead atoms. The van der Waals surface area contributed by atoms with Gasteiger partial charge in [0.15, 0.2) is 0 Å². The summed E-state index contributed by atoms with van der Waals surface area (Å²) in [4.78, 5) is 74.7. The van der Waals surface area contributed by atoms with Crippen LogP contribution >= 0.6 is 0 Å². The molecule has 0 radical (unpaired) electrons. The molecule has 4 atom stereocenters. The second-order valence-corrected chi connectivity index (χ2v) is 20.1. The maximum absolute atomic E-state index is 14.2. The molecular formula is C48H60N8O6. The topological polar surface area (TPSA) is 175 Å². The number of carbonyl (C=O) groups excluding carboxylic acids is 4. The van der Waals surface area contributed by atoms with Gasteiger partial charge in [0.05, 0.1) is 35.0 Å². The normalized spacial score (nSPS) is 23.4. The second kappa shape index (κ2) is 15.7. The van der Waals surface area contributed by atoms with Gasteiger partial charge in [0.1, 0.15) is 35.9 Å². The van der Waals surface area contributed by atoms with Gasteiger partial charge in [-0.15, -0.1) is 0 Å². The summed E-state index contributed by atoms with van der Waals surface area (Å²) in [5.74, 6) is 1.17. The highest BCUT2D eigenvalue weighted by Crippen LogP contribution is 2.59. The van der Waals surface area contributed by atoms with Crippen molar-refractivity contribution in [2.45, 2.75) is 141 Å². The molecule has 4 heterocycles. The number of H-pyrrole nitrogens is 2. The van der Waals surface area contributed by atoms with Crippen molar-refractivity contribution in [3.63, 3.8) is 0 Å². The van der Waals surface area contributed by atoms with Crippen molar-refractivity contribution in [2.24, 2.45) is 22.7 Å². The molecule has 6 aliphatic rings. The number of rotatable bonds is 12. The Bertz CT molecular complexity index is 2350. The van der Waals surface area contributed by atoms with E-state index in [0.717, 1.165) is 122 Å². The van der Waals surface area contributed by atoms with E-state index in [-0.39, 0.29) is 58.8 Å². The van der Waals surface area contributed by atoms with Crippen molar-refractivity contribution in [3.05, 3.63) is 60.3 Å². The summed E-state index contributed by atoms with van der Waals surface area (Å²) in [6.45, 7) is 9.17. The van der Waals surface area contributed by atoms with Gasteiger partial charge in [0.25, 0.3) is 0 Å². The molecule has 10 rings (SSSR count). The standard InChI is InChI=1S/C48H60N8O6/c1-27(2)39(53-45(59)61-32-7-5-8-32)43(57)55-25-47(17-18-47)22-37(55)41-49-24-36(52-41)30-13-11-29(12-14-30)31-15-16-34-35(21-31)51-42(50-34)38-23-48(19-20-48)26-56(38)44(58)40(28(3)4)54-46(60)62-33-9-6-10-33/h11-16,21,24,27-28,32-33,37-40H,5-10,17-20,22-23,25-26H2,1-4H3,(H,49,52)(H,50,51)(H,53,59)(H,54,60)/t37-,38-,39-,40-/m0/s1. The molecule has 4 aliphatic carbocycles. The fourth-order valence-corrected chi connectivity index (χ4v) is 9.99. The number of carbonyl (C=O) groups is 4. The number of aromatic amines is 2. The second-order valence-electron chi connectivity index (χ2n) is 20.1. The SMILES string of the molecule is CC(C)[C@H](NC(=O)OC1CCC1)C(=O)N1CC2(CC2)C[C@H]1c1ncc(-c2ccc(-c3ccc4nc([C@@H]5CC6(CC6)CN5C(=O)[C@@H](NC(=O)OC5CCC5)C(C)C)[nH]c4c3)cc2)[nH]1. The number of imidazole rings is 2. The molecule has 2 aromatic heterocycles. The number of nitrogens with zero attached hydrogens (tertiary/aromatic N) is 4. The van der Waals surface area contributed by atoms with Crippen LogP contribution in [0.3, 0.4) is 0 Å². The number of ether oxygens (including phenoxy) is 2. The van der Waals surface area contributed by atoms with Crippen molar-refractivity contribution in [3.8, 4) is 22.4 Å². The van der Waals surface area contributed by atoms with E-state index < -0.39 is 24.3 Å². The van der Waals surface area contributed by atoms with Crippen molar-refractivity contribution < 1.29 is 28.7 Å². The highest BCUT2D eigenvalue weighted by Gasteiger charge is 2.56. The van der Waals surface area contributed by atoms with Crippen molar-refractivity contribution in [1.29, 1.82) is 0 Å². The van der Waals surface area contributed by atoms with E-state index in [1.54, 1.807) is 0 Å². The third-order valence-corrected chi connectivity index (χ3v) is 14.8. The number of nitrogens with one attached hydrogen (secondary N) is 4. The number of hydrogen-bond acceptors (Lipinski definition) is 8. The Morgan fingerprint density at radius 1 is 0.677 bits per heavy atom. The highest BCUT2D eigenvalue weighted by atomic mass is 16.6. The van der Waals surface area contributed by atoms with Gasteiger partial charge in [-0.05, 0) is 129 Å². The first-order chi connectivity index (χ1) is 29.8. The third kappa shape index (κ3) is 7.94. The van der Waals surface area contributed by atoms with Crippen LogP contribution in [0.4, 0.5) is 9.59 Å². The number of benzene rings is 2. The van der Waals surface area contributed by atoms with Gasteiger partial charge in [-0.3, -0.25) is 9.59 Å². The monoisotopic (exact) mass is 844 g/mol. The lowest BCUT2D eigenvalue weighted by atomic mass is 9.96. The Balaban J connectivity index is 0.830. The van der Waals surface area contributed by atoms with E-state index in [9.17, 15) is 19.2 Å². The first-order valence-corrected chi connectivity index (χ1v) is 23.1. The van der Waals surface area contributed by atoms with Crippen LogP contribution in [0, 0.1) is 22.7 Å². The summed E-state index contributed by atoms with van der Waals surface area (Å²) < 4.78 is 11.1. The average Bonchev–Trinajstić information content (AvgIpc) is 3.84. The predicted octanol–water partition coefficient (Wildman–Crippen LogP) is 8.33. The van der Waals surface area contributed by atoms with Crippen molar-refractivity contribution in [1.82, 2.24) is 40.4 Å². The quantitative estimate of drug-likeness (QED) is 0.110. The Hall–Kier alpha value is -5.40. The Kier molecular flexibility index (Phi) is 10.3. The van der Waals surface area contributed by atoms with Crippen LogP contribution in [-0.2, 0) is 19.1 Å². The van der Waals surface area contributed by atoms with Gasteiger partial charge in [-0.1, -0.05) is 58.0 Å². The predicted molar refractivity (Wildman–Crippen MR) is 232 cm³/mol. The molecule has 62 heavy (non-hydrogen) atoms. The van der Waals surface area contributed by atoms with Crippen LogP contribution < -0.4 is 10.6 Å². The molecule has 4 amide bonds. The van der Waals surface area contributed by atoms with Gasteiger partial charge in [0.2, 0.25) is 11.8 Å². The maximum Gasteiger partial charge on any atom is 0.408 e. The fraction of sp³-hybridized carbons (Fsp3) is 0.583. The van der Waals surface area contributed by atoms with Gasteiger partial charge < -0.3 is 39.9 Å². The van der Waals surface area contributed by atoms with E-state index in [1.807, 2.05) is 49.8 Å². The molecule has 2 aromatic carbocycles. The number of hydrogen-bond donors (Lipinski definition) is 4. The minimum atomic E-state index is -0.678. The van der Waals surface area contributed by atoms with Gasteiger partial charge >= 0.3 is 12.2 Å². The van der Waals surface area contributed by atoms with E-state index in [1.165, 1.54) is 0 Å². The Morgan fingerprint density at radius 3 is 1.66 bits per heavy atom. The Labute approximate surface area is 362 Å². The van der Waals surface area contributed by atoms with Gasteiger partial charge in [-0.25, -0.2) is 19.6 Å². The van der Waals surface area contributed by atoms with E-state index >= 15 is 0 Å². The third-order valence-electron chi connectivity index (χ3n) is 14.8. The molecule has 4 N–H and O–H groups in total. The molecule has 2 saturated heterocycles. The maximum atomic E-state index is 14.2. The molecule has 328 valence electrons. The molecule has 14 nitrogen and oxygen atoms in total. The molecule has 6 fully saturated rings. The van der Waals surface area contributed by atoms with E-state index in [4.69, 9.17) is 19.4 Å². The van der Waals surface area contributed by atoms with Crippen LogP contribution in [0.15, 0.2) is 48.7 Å². The first kappa shape index (κ1) is 40.7.